The highest BCUT2D eigenvalue weighted by Gasteiger charge is 2.22. The first kappa shape index (κ1) is 13.5. The van der Waals surface area contributed by atoms with E-state index in [4.69, 9.17) is 5.73 Å². The lowest BCUT2D eigenvalue weighted by molar-refractivity contribution is 0.211. The Morgan fingerprint density at radius 2 is 2.15 bits per heavy atom. The van der Waals surface area contributed by atoms with Gasteiger partial charge in [0, 0.05) is 25.3 Å². The fourth-order valence-corrected chi connectivity index (χ4v) is 3.32. The molecule has 0 spiro atoms. The Bertz CT molecular complexity index is 636. The minimum atomic E-state index is -2.00. The summed E-state index contributed by atoms with van der Waals surface area (Å²) >= 11 is -2.00. The summed E-state index contributed by atoms with van der Waals surface area (Å²) in [6.45, 7) is 1.55. The number of nitrogen functional groups attached to an aromatic ring is 1. The van der Waals surface area contributed by atoms with E-state index in [1.165, 1.54) is 6.33 Å². The first-order valence-electron chi connectivity index (χ1n) is 6.50. The molecule has 1 unspecified atom stereocenters. The molecular formula is C12H16N5O2S-. The molecule has 0 aliphatic carbocycles. The molecule has 1 fully saturated rings. The Morgan fingerprint density at radius 3 is 2.85 bits per heavy atom. The monoisotopic (exact) mass is 294 g/mol. The second-order valence-corrected chi connectivity index (χ2v) is 5.87. The molecule has 7 nitrogen and oxygen atoms in total. The van der Waals surface area contributed by atoms with Crippen molar-refractivity contribution in [2.24, 2.45) is 0 Å². The third kappa shape index (κ3) is 2.54. The fourth-order valence-electron chi connectivity index (χ4n) is 2.76. The molecule has 0 bridgehead atoms. The molecule has 0 aromatic carbocycles. The smallest absolute Gasteiger partial charge is 0.145 e. The molecule has 0 amide bonds. The molecule has 2 N–H and O–H groups in total. The number of hydrogen-bond donors (Lipinski definition) is 1. The molecule has 2 aromatic rings. The van der Waals surface area contributed by atoms with E-state index in [1.54, 1.807) is 0 Å². The zero-order chi connectivity index (χ0) is 14.1. The van der Waals surface area contributed by atoms with Gasteiger partial charge in [-0.2, -0.15) is 0 Å². The summed E-state index contributed by atoms with van der Waals surface area (Å²) < 4.78 is 23.5. The van der Waals surface area contributed by atoms with Crippen molar-refractivity contribution in [3.63, 3.8) is 0 Å². The SMILES string of the molecule is Nc1ncnc2c1ccn2C1CCN(CS(=O)[O-])CC1. The Kier molecular flexibility index (Phi) is 3.68. The second-order valence-electron chi connectivity index (χ2n) is 5.00. The number of anilines is 1. The van der Waals surface area contributed by atoms with Gasteiger partial charge in [-0.3, -0.25) is 9.11 Å². The van der Waals surface area contributed by atoms with Gasteiger partial charge in [-0.15, -0.1) is 0 Å². The van der Waals surface area contributed by atoms with Crippen LogP contribution in [-0.2, 0) is 11.1 Å². The van der Waals surface area contributed by atoms with E-state index in [2.05, 4.69) is 14.5 Å². The zero-order valence-electron chi connectivity index (χ0n) is 10.9. The van der Waals surface area contributed by atoms with Crippen molar-refractivity contribution in [2.45, 2.75) is 18.9 Å². The fraction of sp³-hybridized carbons (Fsp3) is 0.500. The largest absolute Gasteiger partial charge is 0.771 e. The molecule has 1 aliphatic heterocycles. The van der Waals surface area contributed by atoms with Gasteiger partial charge in [0.25, 0.3) is 0 Å². The third-order valence-corrected chi connectivity index (χ3v) is 4.35. The van der Waals surface area contributed by atoms with E-state index in [-0.39, 0.29) is 5.88 Å². The molecule has 1 atom stereocenters. The Labute approximate surface area is 119 Å². The zero-order valence-corrected chi connectivity index (χ0v) is 11.8. The van der Waals surface area contributed by atoms with Crippen molar-refractivity contribution in [3.05, 3.63) is 18.6 Å². The van der Waals surface area contributed by atoms with Gasteiger partial charge in [0.05, 0.1) is 11.3 Å². The summed E-state index contributed by atoms with van der Waals surface area (Å²) in [5.41, 5.74) is 6.69. The molecule has 3 rings (SSSR count). The van der Waals surface area contributed by atoms with Gasteiger partial charge in [-0.1, -0.05) is 0 Å². The van der Waals surface area contributed by atoms with Crippen LogP contribution in [0.1, 0.15) is 18.9 Å². The Hall–Kier alpha value is -1.51. The van der Waals surface area contributed by atoms with Gasteiger partial charge in [0.2, 0.25) is 0 Å². The summed E-state index contributed by atoms with van der Waals surface area (Å²) in [7, 11) is 0. The minimum Gasteiger partial charge on any atom is -0.771 e. The van der Waals surface area contributed by atoms with Crippen LogP contribution in [0.25, 0.3) is 11.0 Å². The minimum absolute atomic E-state index is 0.119. The number of hydrogen-bond acceptors (Lipinski definition) is 6. The molecule has 3 heterocycles. The predicted octanol–water partition coefficient (Wildman–Crippen LogP) is 0.487. The molecule has 20 heavy (non-hydrogen) atoms. The van der Waals surface area contributed by atoms with Crippen molar-refractivity contribution < 1.29 is 8.76 Å². The van der Waals surface area contributed by atoms with Crippen LogP contribution in [-0.4, -0.2) is 47.2 Å². The van der Waals surface area contributed by atoms with E-state index in [1.807, 2.05) is 17.2 Å². The van der Waals surface area contributed by atoms with Crippen LogP contribution in [0.5, 0.6) is 0 Å². The molecule has 2 aromatic heterocycles. The molecule has 0 saturated carbocycles. The van der Waals surface area contributed by atoms with Gasteiger partial charge >= 0.3 is 0 Å². The molecule has 108 valence electrons. The number of rotatable bonds is 3. The summed E-state index contributed by atoms with van der Waals surface area (Å²) in [5, 5.41) is 0.871. The van der Waals surface area contributed by atoms with E-state index >= 15 is 0 Å². The molecular weight excluding hydrogens is 278 g/mol. The quantitative estimate of drug-likeness (QED) is 0.827. The predicted molar refractivity (Wildman–Crippen MR) is 75.6 cm³/mol. The highest BCUT2D eigenvalue weighted by Crippen LogP contribution is 2.28. The second kappa shape index (κ2) is 5.47. The number of nitrogens with two attached hydrogens (primary N) is 1. The van der Waals surface area contributed by atoms with Crippen molar-refractivity contribution in [1.29, 1.82) is 0 Å². The highest BCUT2D eigenvalue weighted by atomic mass is 32.2. The van der Waals surface area contributed by atoms with Crippen molar-refractivity contribution in [3.8, 4) is 0 Å². The van der Waals surface area contributed by atoms with Crippen LogP contribution in [0.15, 0.2) is 18.6 Å². The first-order valence-corrected chi connectivity index (χ1v) is 7.75. The van der Waals surface area contributed by atoms with Crippen LogP contribution in [0, 0.1) is 0 Å². The van der Waals surface area contributed by atoms with Gasteiger partial charge in [-0.25, -0.2) is 9.97 Å². The molecule has 1 aliphatic rings. The molecule has 1 saturated heterocycles. The summed E-state index contributed by atoms with van der Waals surface area (Å²) in [6.07, 6.45) is 5.28. The van der Waals surface area contributed by atoms with E-state index in [0.717, 1.165) is 37.0 Å². The normalized spacial score (nSPS) is 19.4. The number of piperidine rings is 1. The standard InChI is InChI=1S/C12H17N5O2S/c13-11-10-3-6-17(12(10)15-7-14-11)9-1-4-16(5-2-9)8-20(18)19/h3,6-7,9H,1-2,4-5,8H2,(H,18,19)(H2,13,14,15)/p-1. The average Bonchev–Trinajstić information content (AvgIpc) is 2.84. The topological polar surface area (TPSA) is 100 Å². The maximum atomic E-state index is 10.7. The van der Waals surface area contributed by atoms with E-state index in [0.29, 0.717) is 11.9 Å². The number of likely N-dealkylation sites (tertiary alicyclic amines) is 1. The lowest BCUT2D eigenvalue weighted by Crippen LogP contribution is -2.36. The maximum absolute atomic E-state index is 10.7. The van der Waals surface area contributed by atoms with Crippen LogP contribution < -0.4 is 5.73 Å². The van der Waals surface area contributed by atoms with Crippen LogP contribution >= 0.6 is 0 Å². The van der Waals surface area contributed by atoms with Crippen LogP contribution in [0.2, 0.25) is 0 Å². The van der Waals surface area contributed by atoms with Crippen LogP contribution in [0.4, 0.5) is 5.82 Å². The van der Waals surface area contributed by atoms with Gasteiger partial charge in [0.15, 0.2) is 0 Å². The van der Waals surface area contributed by atoms with Gasteiger partial charge in [-0.05, 0) is 30.0 Å². The van der Waals surface area contributed by atoms with Crippen molar-refractivity contribution in [1.82, 2.24) is 19.4 Å². The lowest BCUT2D eigenvalue weighted by atomic mass is 10.1. The lowest BCUT2D eigenvalue weighted by Gasteiger charge is -2.33. The summed E-state index contributed by atoms with van der Waals surface area (Å²) in [5.74, 6) is 0.613. The van der Waals surface area contributed by atoms with Gasteiger partial charge < -0.3 is 14.9 Å². The Balaban J connectivity index is 1.77. The van der Waals surface area contributed by atoms with Crippen LogP contribution in [0.3, 0.4) is 0 Å². The molecule has 8 heteroatoms. The summed E-state index contributed by atoms with van der Waals surface area (Å²) in [6, 6.07) is 2.27. The highest BCUT2D eigenvalue weighted by molar-refractivity contribution is 7.79. The van der Waals surface area contributed by atoms with E-state index in [9.17, 15) is 8.76 Å². The third-order valence-electron chi connectivity index (χ3n) is 3.78. The maximum Gasteiger partial charge on any atom is 0.145 e. The van der Waals surface area contributed by atoms with Crippen molar-refractivity contribution >= 4 is 27.9 Å². The molecule has 0 radical (unpaired) electrons. The number of fused-ring (bicyclic) bond motifs is 1. The first-order chi connectivity index (χ1) is 9.65. The van der Waals surface area contributed by atoms with Gasteiger partial charge in [0.1, 0.15) is 17.8 Å². The summed E-state index contributed by atoms with van der Waals surface area (Å²) in [4.78, 5) is 10.2. The van der Waals surface area contributed by atoms with Crippen molar-refractivity contribution in [2.75, 3.05) is 24.7 Å². The van der Waals surface area contributed by atoms with E-state index < -0.39 is 11.1 Å². The number of nitrogens with zero attached hydrogens (tertiary/aromatic N) is 4. The average molecular weight is 294 g/mol. The Morgan fingerprint density at radius 1 is 1.40 bits per heavy atom. The number of aromatic nitrogens is 3.